The Morgan fingerprint density at radius 2 is 1.71 bits per heavy atom. The lowest BCUT2D eigenvalue weighted by Gasteiger charge is -2.34. The van der Waals surface area contributed by atoms with Gasteiger partial charge < -0.3 is 0 Å². The van der Waals surface area contributed by atoms with Gasteiger partial charge in [-0.1, -0.05) is 90.3 Å². The van der Waals surface area contributed by atoms with E-state index in [4.69, 9.17) is 0 Å². The molecule has 0 aliphatic rings. The topological polar surface area (TPSA) is 0 Å². The standard InChI is InChI=1S/C21H38/c1-7-9-11-12-13-14-15-16-20(5)18-21(6,19(3)4)17-10-8-2/h11-12,14-15,19H,5,7-10,13,16-18H2,1-4,6H3. The Balaban J connectivity index is 4.17. The largest absolute Gasteiger partial charge is 0.0995 e. The van der Waals surface area contributed by atoms with E-state index in [0.29, 0.717) is 5.41 Å². The van der Waals surface area contributed by atoms with Gasteiger partial charge in [-0.2, -0.15) is 0 Å². The molecular weight excluding hydrogens is 252 g/mol. The normalized spacial score (nSPS) is 15.1. The Bertz CT molecular complexity index is 319. The van der Waals surface area contributed by atoms with Gasteiger partial charge in [0.15, 0.2) is 0 Å². The predicted molar refractivity (Wildman–Crippen MR) is 98.6 cm³/mol. The van der Waals surface area contributed by atoms with Gasteiger partial charge in [-0.3, -0.25) is 0 Å². The van der Waals surface area contributed by atoms with Gasteiger partial charge in [-0.15, -0.1) is 0 Å². The smallest absolute Gasteiger partial charge is 0.0141 e. The van der Waals surface area contributed by atoms with Crippen LogP contribution in [0.2, 0.25) is 0 Å². The molecular formula is C21H38. The van der Waals surface area contributed by atoms with Crippen LogP contribution in [0.5, 0.6) is 0 Å². The monoisotopic (exact) mass is 290 g/mol. The van der Waals surface area contributed by atoms with E-state index >= 15 is 0 Å². The van der Waals surface area contributed by atoms with Gasteiger partial charge in [0.25, 0.3) is 0 Å². The van der Waals surface area contributed by atoms with E-state index in [2.05, 4.69) is 65.5 Å². The van der Waals surface area contributed by atoms with Crippen LogP contribution in [0.3, 0.4) is 0 Å². The Labute approximate surface area is 134 Å². The van der Waals surface area contributed by atoms with Crippen LogP contribution in [0.4, 0.5) is 0 Å². The van der Waals surface area contributed by atoms with Crippen molar-refractivity contribution < 1.29 is 0 Å². The average Bonchev–Trinajstić information content (AvgIpc) is 2.44. The summed E-state index contributed by atoms with van der Waals surface area (Å²) in [6, 6.07) is 0. The van der Waals surface area contributed by atoms with E-state index in [1.54, 1.807) is 0 Å². The van der Waals surface area contributed by atoms with Crippen LogP contribution in [0.1, 0.15) is 86.0 Å². The molecule has 0 fully saturated rings. The maximum absolute atomic E-state index is 4.31. The second-order valence-corrected chi connectivity index (χ2v) is 7.01. The zero-order chi connectivity index (χ0) is 16.1. The number of unbranched alkanes of at least 4 members (excludes halogenated alkanes) is 2. The molecule has 0 aliphatic carbocycles. The van der Waals surface area contributed by atoms with Crippen molar-refractivity contribution in [1.29, 1.82) is 0 Å². The zero-order valence-corrected chi connectivity index (χ0v) is 15.3. The van der Waals surface area contributed by atoms with Gasteiger partial charge >= 0.3 is 0 Å². The van der Waals surface area contributed by atoms with Gasteiger partial charge in [0.2, 0.25) is 0 Å². The minimum Gasteiger partial charge on any atom is -0.0995 e. The summed E-state index contributed by atoms with van der Waals surface area (Å²) in [6.45, 7) is 16.0. The lowest BCUT2D eigenvalue weighted by Crippen LogP contribution is -2.24. The fourth-order valence-electron chi connectivity index (χ4n) is 2.61. The van der Waals surface area contributed by atoms with Crippen LogP contribution in [-0.4, -0.2) is 0 Å². The predicted octanol–water partition coefficient (Wildman–Crippen LogP) is 7.48. The molecule has 0 aromatic carbocycles. The van der Waals surface area contributed by atoms with Crippen LogP contribution in [0.25, 0.3) is 0 Å². The van der Waals surface area contributed by atoms with Crippen LogP contribution in [0.15, 0.2) is 36.5 Å². The molecule has 0 saturated carbocycles. The molecule has 0 aromatic heterocycles. The van der Waals surface area contributed by atoms with Crippen molar-refractivity contribution in [1.82, 2.24) is 0 Å². The molecule has 1 atom stereocenters. The van der Waals surface area contributed by atoms with Crippen LogP contribution in [-0.2, 0) is 0 Å². The van der Waals surface area contributed by atoms with Crippen LogP contribution < -0.4 is 0 Å². The fourth-order valence-corrected chi connectivity index (χ4v) is 2.61. The van der Waals surface area contributed by atoms with E-state index in [9.17, 15) is 0 Å². The third-order valence-corrected chi connectivity index (χ3v) is 4.62. The number of rotatable bonds is 12. The summed E-state index contributed by atoms with van der Waals surface area (Å²) in [5.74, 6) is 0.724. The minimum atomic E-state index is 0.419. The minimum absolute atomic E-state index is 0.419. The molecule has 1 unspecified atom stereocenters. The summed E-state index contributed by atoms with van der Waals surface area (Å²) < 4.78 is 0. The van der Waals surface area contributed by atoms with Gasteiger partial charge in [0.05, 0.1) is 0 Å². The Morgan fingerprint density at radius 1 is 1.05 bits per heavy atom. The summed E-state index contributed by atoms with van der Waals surface area (Å²) in [5.41, 5.74) is 1.80. The highest BCUT2D eigenvalue weighted by Gasteiger charge is 2.27. The molecule has 0 heteroatoms. The zero-order valence-electron chi connectivity index (χ0n) is 15.3. The van der Waals surface area contributed by atoms with Crippen LogP contribution in [0, 0.1) is 11.3 Å². The number of hydrogen-bond acceptors (Lipinski definition) is 0. The van der Waals surface area contributed by atoms with Crippen molar-refractivity contribution in [2.45, 2.75) is 86.0 Å². The van der Waals surface area contributed by atoms with Crippen molar-refractivity contribution in [3.63, 3.8) is 0 Å². The Hall–Kier alpha value is -0.780. The third-order valence-electron chi connectivity index (χ3n) is 4.62. The van der Waals surface area contributed by atoms with Crippen molar-refractivity contribution in [3.05, 3.63) is 36.5 Å². The molecule has 21 heavy (non-hydrogen) atoms. The SMILES string of the molecule is C=C(CC=CCC=CCCC)CC(C)(CCCC)C(C)C. The summed E-state index contributed by atoms with van der Waals surface area (Å²) in [7, 11) is 0. The van der Waals surface area contributed by atoms with Crippen molar-refractivity contribution in [2.24, 2.45) is 11.3 Å². The Morgan fingerprint density at radius 3 is 2.29 bits per heavy atom. The lowest BCUT2D eigenvalue weighted by atomic mass is 9.71. The molecule has 122 valence electrons. The summed E-state index contributed by atoms with van der Waals surface area (Å²) in [5, 5.41) is 0. The van der Waals surface area contributed by atoms with E-state index in [-0.39, 0.29) is 0 Å². The first kappa shape index (κ1) is 20.2. The molecule has 0 aromatic rings. The molecule has 0 amide bonds. The van der Waals surface area contributed by atoms with E-state index < -0.39 is 0 Å². The van der Waals surface area contributed by atoms with Gasteiger partial charge in [0.1, 0.15) is 0 Å². The number of hydrogen-bond donors (Lipinski definition) is 0. The lowest BCUT2D eigenvalue weighted by molar-refractivity contribution is 0.191. The highest BCUT2D eigenvalue weighted by Crippen LogP contribution is 2.39. The molecule has 0 radical (unpaired) electrons. The highest BCUT2D eigenvalue weighted by atomic mass is 14.3. The fraction of sp³-hybridized carbons (Fsp3) is 0.714. The van der Waals surface area contributed by atoms with Crippen molar-refractivity contribution >= 4 is 0 Å². The summed E-state index contributed by atoms with van der Waals surface area (Å²) in [4.78, 5) is 0. The molecule has 0 heterocycles. The van der Waals surface area contributed by atoms with Crippen molar-refractivity contribution in [2.75, 3.05) is 0 Å². The van der Waals surface area contributed by atoms with E-state index in [1.807, 2.05) is 0 Å². The van der Waals surface area contributed by atoms with E-state index in [0.717, 1.165) is 18.8 Å². The third kappa shape index (κ3) is 9.72. The molecule has 0 saturated heterocycles. The molecule has 0 bridgehead atoms. The van der Waals surface area contributed by atoms with Gasteiger partial charge in [0, 0.05) is 0 Å². The van der Waals surface area contributed by atoms with Gasteiger partial charge in [-0.05, 0) is 43.4 Å². The molecule has 0 aliphatic heterocycles. The molecule has 0 spiro atoms. The highest BCUT2D eigenvalue weighted by molar-refractivity contribution is 5.07. The second-order valence-electron chi connectivity index (χ2n) is 7.01. The average molecular weight is 291 g/mol. The molecule has 0 nitrogen and oxygen atoms in total. The van der Waals surface area contributed by atoms with Crippen molar-refractivity contribution in [3.8, 4) is 0 Å². The van der Waals surface area contributed by atoms with E-state index in [1.165, 1.54) is 44.1 Å². The second kappa shape index (κ2) is 11.8. The first-order chi connectivity index (χ1) is 9.96. The maximum Gasteiger partial charge on any atom is -0.0141 e. The molecule has 0 N–H and O–H groups in total. The summed E-state index contributed by atoms with van der Waals surface area (Å²) >= 11 is 0. The first-order valence-electron chi connectivity index (χ1n) is 8.93. The number of allylic oxidation sites excluding steroid dienone is 5. The quantitative estimate of drug-likeness (QED) is 0.327. The first-order valence-corrected chi connectivity index (χ1v) is 8.93. The van der Waals surface area contributed by atoms with Gasteiger partial charge in [-0.25, -0.2) is 0 Å². The Kier molecular flexibility index (Phi) is 11.4. The van der Waals surface area contributed by atoms with Crippen LogP contribution >= 0.6 is 0 Å². The maximum atomic E-state index is 4.31. The molecule has 0 rings (SSSR count). The summed E-state index contributed by atoms with van der Waals surface area (Å²) in [6.07, 6.45) is 18.8.